The highest BCUT2D eigenvalue weighted by Gasteiger charge is 2.09. The lowest BCUT2D eigenvalue weighted by Gasteiger charge is -2.09. The van der Waals surface area contributed by atoms with Gasteiger partial charge in [-0.05, 0) is 25.1 Å². The summed E-state index contributed by atoms with van der Waals surface area (Å²) < 4.78 is 0. The van der Waals surface area contributed by atoms with E-state index >= 15 is 0 Å². The largest absolute Gasteiger partial charge is 0.389 e. The van der Waals surface area contributed by atoms with E-state index in [1.807, 2.05) is 42.5 Å². The highest BCUT2D eigenvalue weighted by molar-refractivity contribution is 7.99. The minimum Gasteiger partial charge on any atom is -0.389 e. The molecule has 0 saturated heterocycles. The van der Waals surface area contributed by atoms with Gasteiger partial charge in [0.05, 0.1) is 6.10 Å². The van der Waals surface area contributed by atoms with Crippen molar-refractivity contribution in [2.45, 2.75) is 22.9 Å². The van der Waals surface area contributed by atoms with Crippen LogP contribution in [0.4, 0.5) is 0 Å². The second-order valence-corrected chi connectivity index (χ2v) is 4.55. The summed E-state index contributed by atoms with van der Waals surface area (Å²) in [5.41, 5.74) is 0.872. The SMILES string of the molecule is C[C@@H](O)c1cccnc1Sc1ccccc1. The van der Waals surface area contributed by atoms with E-state index < -0.39 is 6.10 Å². The van der Waals surface area contributed by atoms with Crippen LogP contribution >= 0.6 is 11.8 Å². The molecule has 1 heterocycles. The van der Waals surface area contributed by atoms with Crippen LogP contribution in [0, 0.1) is 0 Å². The molecule has 2 aromatic rings. The summed E-state index contributed by atoms with van der Waals surface area (Å²) in [5, 5.41) is 10.5. The van der Waals surface area contributed by atoms with Crippen LogP contribution in [0.2, 0.25) is 0 Å². The molecule has 0 bridgehead atoms. The van der Waals surface area contributed by atoms with Gasteiger partial charge in [-0.3, -0.25) is 0 Å². The van der Waals surface area contributed by atoms with Gasteiger partial charge >= 0.3 is 0 Å². The Morgan fingerprint density at radius 2 is 1.88 bits per heavy atom. The van der Waals surface area contributed by atoms with Crippen molar-refractivity contribution in [1.82, 2.24) is 4.98 Å². The molecule has 0 saturated carbocycles. The Labute approximate surface area is 99.4 Å². The van der Waals surface area contributed by atoms with Crippen molar-refractivity contribution in [3.8, 4) is 0 Å². The van der Waals surface area contributed by atoms with Gasteiger partial charge in [0.15, 0.2) is 0 Å². The number of pyridine rings is 1. The van der Waals surface area contributed by atoms with Gasteiger partial charge in [-0.25, -0.2) is 4.98 Å². The van der Waals surface area contributed by atoms with E-state index in [0.29, 0.717) is 0 Å². The fraction of sp³-hybridized carbons (Fsp3) is 0.154. The number of rotatable bonds is 3. The Bertz CT molecular complexity index is 456. The molecule has 3 heteroatoms. The van der Waals surface area contributed by atoms with Crippen LogP contribution < -0.4 is 0 Å². The molecule has 16 heavy (non-hydrogen) atoms. The number of hydrogen-bond acceptors (Lipinski definition) is 3. The Kier molecular flexibility index (Phi) is 3.59. The molecule has 0 amide bonds. The van der Waals surface area contributed by atoms with Crippen LogP contribution in [0.3, 0.4) is 0 Å². The van der Waals surface area contributed by atoms with E-state index in [2.05, 4.69) is 4.98 Å². The minimum absolute atomic E-state index is 0.486. The van der Waals surface area contributed by atoms with E-state index in [-0.39, 0.29) is 0 Å². The molecule has 1 atom stereocenters. The molecule has 0 aliphatic rings. The summed E-state index contributed by atoms with van der Waals surface area (Å²) in [7, 11) is 0. The lowest BCUT2D eigenvalue weighted by Crippen LogP contribution is -1.95. The van der Waals surface area contributed by atoms with Crippen molar-refractivity contribution in [2.75, 3.05) is 0 Å². The molecule has 0 aliphatic carbocycles. The second-order valence-electron chi connectivity index (χ2n) is 3.49. The van der Waals surface area contributed by atoms with Gasteiger partial charge in [-0.2, -0.15) is 0 Å². The predicted molar refractivity (Wildman–Crippen MR) is 65.4 cm³/mol. The Morgan fingerprint density at radius 3 is 2.56 bits per heavy atom. The van der Waals surface area contributed by atoms with Crippen molar-refractivity contribution in [2.24, 2.45) is 0 Å². The first kappa shape index (κ1) is 11.2. The fourth-order valence-electron chi connectivity index (χ4n) is 1.41. The standard InChI is InChI=1S/C13H13NOS/c1-10(15)12-8-5-9-14-13(12)16-11-6-3-2-4-7-11/h2-10,15H,1H3/t10-/m1/s1. The minimum atomic E-state index is -0.486. The summed E-state index contributed by atoms with van der Waals surface area (Å²) in [6.07, 6.45) is 1.26. The first-order valence-electron chi connectivity index (χ1n) is 5.13. The number of hydrogen-bond donors (Lipinski definition) is 1. The number of aliphatic hydroxyl groups is 1. The highest BCUT2D eigenvalue weighted by Crippen LogP contribution is 2.30. The Morgan fingerprint density at radius 1 is 1.12 bits per heavy atom. The smallest absolute Gasteiger partial charge is 0.106 e. The summed E-state index contributed by atoms with van der Waals surface area (Å²) in [6, 6.07) is 13.8. The molecule has 2 nitrogen and oxygen atoms in total. The third kappa shape index (κ3) is 2.62. The predicted octanol–water partition coefficient (Wildman–Crippen LogP) is 3.29. The topological polar surface area (TPSA) is 33.1 Å². The van der Waals surface area contributed by atoms with Crippen LogP contribution in [0.15, 0.2) is 58.6 Å². The lowest BCUT2D eigenvalue weighted by atomic mass is 10.2. The molecule has 1 aromatic heterocycles. The van der Waals surface area contributed by atoms with Crippen LogP contribution in [0.25, 0.3) is 0 Å². The van der Waals surface area contributed by atoms with Crippen LogP contribution in [-0.2, 0) is 0 Å². The summed E-state index contributed by atoms with van der Waals surface area (Å²) in [5.74, 6) is 0. The summed E-state index contributed by atoms with van der Waals surface area (Å²) >= 11 is 1.57. The summed E-state index contributed by atoms with van der Waals surface area (Å²) in [4.78, 5) is 5.43. The van der Waals surface area contributed by atoms with Gasteiger partial charge in [-0.1, -0.05) is 36.0 Å². The van der Waals surface area contributed by atoms with Crippen molar-refractivity contribution in [3.05, 3.63) is 54.2 Å². The molecule has 0 radical (unpaired) electrons. The monoisotopic (exact) mass is 231 g/mol. The Balaban J connectivity index is 2.28. The fourth-order valence-corrected chi connectivity index (χ4v) is 2.39. The van der Waals surface area contributed by atoms with Crippen LogP contribution in [0.1, 0.15) is 18.6 Å². The van der Waals surface area contributed by atoms with E-state index in [1.54, 1.807) is 24.9 Å². The number of aromatic nitrogens is 1. The lowest BCUT2D eigenvalue weighted by molar-refractivity contribution is 0.195. The Hall–Kier alpha value is -1.32. The maximum Gasteiger partial charge on any atom is 0.106 e. The number of nitrogens with zero attached hydrogens (tertiary/aromatic N) is 1. The number of aliphatic hydroxyl groups excluding tert-OH is 1. The zero-order valence-electron chi connectivity index (χ0n) is 9.00. The molecular weight excluding hydrogens is 218 g/mol. The van der Waals surface area contributed by atoms with Crippen LogP contribution in [0.5, 0.6) is 0 Å². The molecule has 0 aliphatic heterocycles. The first-order chi connectivity index (χ1) is 7.77. The quantitative estimate of drug-likeness (QED) is 0.880. The molecule has 82 valence electrons. The molecular formula is C13H13NOS. The van der Waals surface area contributed by atoms with Gasteiger partial charge in [0.25, 0.3) is 0 Å². The second kappa shape index (κ2) is 5.14. The van der Waals surface area contributed by atoms with E-state index in [1.165, 1.54) is 0 Å². The molecule has 0 unspecified atom stereocenters. The first-order valence-corrected chi connectivity index (χ1v) is 5.95. The van der Waals surface area contributed by atoms with E-state index in [9.17, 15) is 5.11 Å². The third-order valence-electron chi connectivity index (χ3n) is 2.21. The van der Waals surface area contributed by atoms with Gasteiger partial charge in [0, 0.05) is 16.7 Å². The maximum absolute atomic E-state index is 9.63. The van der Waals surface area contributed by atoms with Gasteiger partial charge in [0.1, 0.15) is 5.03 Å². The van der Waals surface area contributed by atoms with Crippen molar-refractivity contribution < 1.29 is 5.11 Å². The molecule has 0 spiro atoms. The third-order valence-corrected chi connectivity index (χ3v) is 3.25. The van der Waals surface area contributed by atoms with Gasteiger partial charge in [0.2, 0.25) is 0 Å². The molecule has 1 N–H and O–H groups in total. The summed E-state index contributed by atoms with van der Waals surface area (Å²) in [6.45, 7) is 1.76. The number of benzene rings is 1. The normalized spacial score (nSPS) is 12.4. The highest BCUT2D eigenvalue weighted by atomic mass is 32.2. The van der Waals surface area contributed by atoms with Crippen molar-refractivity contribution in [3.63, 3.8) is 0 Å². The van der Waals surface area contributed by atoms with Gasteiger partial charge < -0.3 is 5.11 Å². The molecule has 2 rings (SSSR count). The van der Waals surface area contributed by atoms with E-state index in [4.69, 9.17) is 0 Å². The van der Waals surface area contributed by atoms with Crippen molar-refractivity contribution >= 4 is 11.8 Å². The van der Waals surface area contributed by atoms with Gasteiger partial charge in [-0.15, -0.1) is 0 Å². The van der Waals surface area contributed by atoms with E-state index in [0.717, 1.165) is 15.5 Å². The zero-order valence-corrected chi connectivity index (χ0v) is 9.82. The molecule has 1 aromatic carbocycles. The van der Waals surface area contributed by atoms with Crippen molar-refractivity contribution in [1.29, 1.82) is 0 Å². The average molecular weight is 231 g/mol. The molecule has 0 fully saturated rings. The maximum atomic E-state index is 9.63. The zero-order chi connectivity index (χ0) is 11.4. The average Bonchev–Trinajstić information content (AvgIpc) is 2.31. The van der Waals surface area contributed by atoms with Crippen LogP contribution in [-0.4, -0.2) is 10.1 Å².